The molecule has 1 unspecified atom stereocenters. The molecule has 90 valence electrons. The molecule has 0 aliphatic heterocycles. The van der Waals surface area contributed by atoms with E-state index in [1.165, 1.54) is 0 Å². The highest BCUT2D eigenvalue weighted by molar-refractivity contribution is 9.10. The molecule has 0 bridgehead atoms. The summed E-state index contributed by atoms with van der Waals surface area (Å²) in [6.45, 7) is 6.11. The van der Waals surface area contributed by atoms with Crippen LogP contribution in [0.3, 0.4) is 0 Å². The number of amides is 1. The number of nitrogens with one attached hydrogen (secondary N) is 2. The van der Waals surface area contributed by atoms with Crippen molar-refractivity contribution in [1.29, 1.82) is 0 Å². The van der Waals surface area contributed by atoms with E-state index in [9.17, 15) is 4.79 Å². The quantitative estimate of drug-likeness (QED) is 0.874. The Morgan fingerprint density at radius 1 is 1.44 bits per heavy atom. The first-order valence-electron chi connectivity index (χ1n) is 5.27. The van der Waals surface area contributed by atoms with E-state index in [4.69, 9.17) is 4.42 Å². The summed E-state index contributed by atoms with van der Waals surface area (Å²) in [5.74, 6) is 0.802. The second-order valence-corrected chi connectivity index (χ2v) is 4.75. The number of carbonyl (C=O) groups excluding carboxylic acids is 1. The van der Waals surface area contributed by atoms with Crippen molar-refractivity contribution in [2.45, 2.75) is 32.9 Å². The van der Waals surface area contributed by atoms with Crippen LogP contribution in [0.5, 0.6) is 0 Å². The molecule has 0 radical (unpaired) electrons. The topological polar surface area (TPSA) is 54.3 Å². The predicted octanol–water partition coefficient (Wildman–Crippen LogP) is 2.22. The predicted molar refractivity (Wildman–Crippen MR) is 66.1 cm³/mol. The van der Waals surface area contributed by atoms with Crippen molar-refractivity contribution in [3.63, 3.8) is 0 Å². The number of carbonyl (C=O) groups is 1. The molecule has 0 spiro atoms. The lowest BCUT2D eigenvalue weighted by molar-refractivity contribution is -0.120. The maximum absolute atomic E-state index is 11.4. The van der Waals surface area contributed by atoms with E-state index in [0.29, 0.717) is 4.67 Å². The minimum Gasteiger partial charge on any atom is -0.453 e. The second-order valence-electron chi connectivity index (χ2n) is 3.97. The van der Waals surface area contributed by atoms with Crippen LogP contribution in [-0.2, 0) is 4.79 Å². The molecule has 0 aliphatic rings. The van der Waals surface area contributed by atoms with Gasteiger partial charge in [0.2, 0.25) is 5.91 Å². The lowest BCUT2D eigenvalue weighted by Crippen LogP contribution is -2.38. The molecule has 2 N–H and O–H groups in total. The molecule has 0 aromatic carbocycles. The Labute approximate surface area is 104 Å². The molecule has 0 fully saturated rings. The molecule has 0 aliphatic carbocycles. The fourth-order valence-electron chi connectivity index (χ4n) is 1.28. The average Bonchev–Trinajstić information content (AvgIpc) is 2.60. The Hall–Kier alpha value is -0.810. The smallest absolute Gasteiger partial charge is 0.234 e. The van der Waals surface area contributed by atoms with Crippen molar-refractivity contribution in [2.24, 2.45) is 0 Å². The summed E-state index contributed by atoms with van der Waals surface area (Å²) in [7, 11) is 0. The zero-order valence-electron chi connectivity index (χ0n) is 9.71. The highest BCUT2D eigenvalue weighted by atomic mass is 79.9. The molecule has 4 nitrogen and oxygen atoms in total. The number of halogens is 1. The van der Waals surface area contributed by atoms with Gasteiger partial charge in [0.25, 0.3) is 0 Å². The van der Waals surface area contributed by atoms with Crippen LogP contribution in [0.4, 0.5) is 0 Å². The lowest BCUT2D eigenvalue weighted by atomic mass is 10.2. The van der Waals surface area contributed by atoms with E-state index >= 15 is 0 Å². The van der Waals surface area contributed by atoms with E-state index in [-0.39, 0.29) is 24.5 Å². The number of hydrogen-bond donors (Lipinski definition) is 2. The van der Waals surface area contributed by atoms with E-state index in [1.54, 1.807) is 0 Å². The fourth-order valence-corrected chi connectivity index (χ4v) is 1.60. The van der Waals surface area contributed by atoms with Gasteiger partial charge in [0.15, 0.2) is 4.67 Å². The third-order valence-corrected chi connectivity index (χ3v) is 2.47. The molecule has 1 atom stereocenters. The van der Waals surface area contributed by atoms with Gasteiger partial charge in [0.05, 0.1) is 12.6 Å². The van der Waals surface area contributed by atoms with E-state index in [0.717, 1.165) is 5.76 Å². The Morgan fingerprint density at radius 2 is 2.12 bits per heavy atom. The minimum absolute atomic E-state index is 0.00697. The monoisotopic (exact) mass is 288 g/mol. The van der Waals surface area contributed by atoms with Gasteiger partial charge in [0, 0.05) is 6.04 Å². The maximum Gasteiger partial charge on any atom is 0.234 e. The Kier molecular flexibility index (Phi) is 5.02. The summed E-state index contributed by atoms with van der Waals surface area (Å²) in [5, 5.41) is 5.90. The Balaban J connectivity index is 2.35. The summed E-state index contributed by atoms with van der Waals surface area (Å²) in [6.07, 6.45) is 0. The van der Waals surface area contributed by atoms with Crippen LogP contribution in [-0.4, -0.2) is 18.5 Å². The van der Waals surface area contributed by atoms with Crippen molar-refractivity contribution in [3.05, 3.63) is 22.6 Å². The van der Waals surface area contributed by atoms with Crippen molar-refractivity contribution in [1.82, 2.24) is 10.6 Å². The van der Waals surface area contributed by atoms with Gasteiger partial charge in [-0.2, -0.15) is 0 Å². The minimum atomic E-state index is -0.00697. The van der Waals surface area contributed by atoms with Crippen LogP contribution in [0.2, 0.25) is 0 Å². The standard InChI is InChI=1S/C11H17BrN2O2/c1-7(2)14-11(15)6-13-8(3)9-4-5-10(12)16-9/h4-5,7-8,13H,6H2,1-3H3,(H,14,15). The summed E-state index contributed by atoms with van der Waals surface area (Å²) < 4.78 is 6.08. The molecule has 0 saturated carbocycles. The summed E-state index contributed by atoms with van der Waals surface area (Å²) >= 11 is 3.24. The van der Waals surface area contributed by atoms with Gasteiger partial charge in [-0.05, 0) is 48.8 Å². The Bertz CT molecular complexity index is 350. The van der Waals surface area contributed by atoms with E-state index < -0.39 is 0 Å². The van der Waals surface area contributed by atoms with Gasteiger partial charge in [-0.25, -0.2) is 0 Å². The average molecular weight is 289 g/mol. The highest BCUT2D eigenvalue weighted by Gasteiger charge is 2.11. The van der Waals surface area contributed by atoms with Crippen LogP contribution in [0.25, 0.3) is 0 Å². The fraction of sp³-hybridized carbons (Fsp3) is 0.545. The van der Waals surface area contributed by atoms with Gasteiger partial charge < -0.3 is 9.73 Å². The van der Waals surface area contributed by atoms with E-state index in [1.807, 2.05) is 32.9 Å². The third-order valence-electron chi connectivity index (χ3n) is 2.04. The normalized spacial score (nSPS) is 12.8. The number of furan rings is 1. The zero-order chi connectivity index (χ0) is 12.1. The van der Waals surface area contributed by atoms with Crippen LogP contribution >= 0.6 is 15.9 Å². The molecule has 1 aromatic heterocycles. The van der Waals surface area contributed by atoms with Crippen LogP contribution in [0, 0.1) is 0 Å². The first kappa shape index (κ1) is 13.3. The molecule has 1 heterocycles. The molecular weight excluding hydrogens is 272 g/mol. The third kappa shape index (κ3) is 4.37. The molecule has 5 heteroatoms. The first-order chi connectivity index (χ1) is 7.49. The van der Waals surface area contributed by atoms with Crippen molar-refractivity contribution in [2.75, 3.05) is 6.54 Å². The summed E-state index contributed by atoms with van der Waals surface area (Å²) in [5.41, 5.74) is 0. The molecular formula is C11H17BrN2O2. The van der Waals surface area contributed by atoms with E-state index in [2.05, 4.69) is 26.6 Å². The number of rotatable bonds is 5. The van der Waals surface area contributed by atoms with Crippen LogP contribution in [0.1, 0.15) is 32.6 Å². The summed E-state index contributed by atoms with van der Waals surface area (Å²) in [6, 6.07) is 3.90. The number of hydrogen-bond acceptors (Lipinski definition) is 3. The molecule has 1 amide bonds. The van der Waals surface area contributed by atoms with Gasteiger partial charge in [-0.3, -0.25) is 10.1 Å². The maximum atomic E-state index is 11.4. The van der Waals surface area contributed by atoms with Gasteiger partial charge in [-0.1, -0.05) is 0 Å². The zero-order valence-corrected chi connectivity index (χ0v) is 11.3. The lowest BCUT2D eigenvalue weighted by Gasteiger charge is -2.12. The SMILES string of the molecule is CC(C)NC(=O)CNC(C)c1ccc(Br)o1. The summed E-state index contributed by atoms with van der Waals surface area (Å²) in [4.78, 5) is 11.4. The molecule has 1 rings (SSSR count). The Morgan fingerprint density at radius 3 is 2.62 bits per heavy atom. The van der Waals surface area contributed by atoms with Crippen molar-refractivity contribution in [3.8, 4) is 0 Å². The second kappa shape index (κ2) is 6.06. The van der Waals surface area contributed by atoms with Crippen LogP contribution in [0.15, 0.2) is 21.2 Å². The van der Waals surface area contributed by atoms with Crippen molar-refractivity contribution >= 4 is 21.8 Å². The molecule has 0 saturated heterocycles. The van der Waals surface area contributed by atoms with Gasteiger partial charge >= 0.3 is 0 Å². The largest absolute Gasteiger partial charge is 0.453 e. The highest BCUT2D eigenvalue weighted by Crippen LogP contribution is 2.19. The molecule has 16 heavy (non-hydrogen) atoms. The van der Waals surface area contributed by atoms with Crippen LogP contribution < -0.4 is 10.6 Å². The van der Waals surface area contributed by atoms with Gasteiger partial charge in [-0.15, -0.1) is 0 Å². The van der Waals surface area contributed by atoms with Gasteiger partial charge in [0.1, 0.15) is 5.76 Å². The first-order valence-corrected chi connectivity index (χ1v) is 6.06. The molecule has 1 aromatic rings. The van der Waals surface area contributed by atoms with Crippen molar-refractivity contribution < 1.29 is 9.21 Å².